The fraction of sp³-hybridized carbons (Fsp3) is 0.222. The normalized spacial score (nSPS) is 14.2. The van der Waals surface area contributed by atoms with Crippen LogP contribution in [0.2, 0.25) is 0 Å². The Bertz CT molecular complexity index is 1740. The lowest BCUT2D eigenvalue weighted by Crippen LogP contribution is -2.25. The summed E-state index contributed by atoms with van der Waals surface area (Å²) in [5.41, 5.74) is 4.85. The highest BCUT2D eigenvalue weighted by molar-refractivity contribution is 7.22. The lowest BCUT2D eigenvalue weighted by molar-refractivity contribution is 0.100. The molecule has 0 aliphatic carbocycles. The minimum Gasteiger partial charge on any atom is -0.483 e. The Labute approximate surface area is 225 Å². The van der Waals surface area contributed by atoms with E-state index in [0.29, 0.717) is 51.0 Å². The van der Waals surface area contributed by atoms with E-state index < -0.39 is 18.0 Å². The topological polar surface area (TPSA) is 118 Å². The largest absolute Gasteiger partial charge is 0.483 e. The van der Waals surface area contributed by atoms with Crippen LogP contribution in [-0.4, -0.2) is 53.0 Å². The number of anilines is 1. The molecule has 12 heteroatoms. The summed E-state index contributed by atoms with van der Waals surface area (Å²) in [7, 11) is 3.02. The number of thiazole rings is 1. The van der Waals surface area contributed by atoms with Gasteiger partial charge < -0.3 is 18.9 Å². The van der Waals surface area contributed by atoms with Crippen LogP contribution in [-0.2, 0) is 11.2 Å². The Kier molecular flexibility index (Phi) is 6.31. The molecule has 0 saturated carbocycles. The minimum absolute atomic E-state index is 0.0603. The van der Waals surface area contributed by atoms with Crippen molar-refractivity contribution in [2.75, 3.05) is 26.1 Å². The summed E-state index contributed by atoms with van der Waals surface area (Å²) in [5.74, 6) is 0.423. The van der Waals surface area contributed by atoms with Gasteiger partial charge in [0.05, 0.1) is 47.4 Å². The lowest BCUT2D eigenvalue weighted by atomic mass is 10.1. The van der Waals surface area contributed by atoms with Crippen LogP contribution in [0.15, 0.2) is 42.7 Å². The van der Waals surface area contributed by atoms with Crippen molar-refractivity contribution in [2.45, 2.75) is 19.4 Å². The van der Waals surface area contributed by atoms with Crippen molar-refractivity contribution in [1.29, 1.82) is 0 Å². The van der Waals surface area contributed by atoms with Crippen LogP contribution in [0.4, 0.5) is 14.9 Å². The smallest absolute Gasteiger partial charge is 0.411 e. The van der Waals surface area contributed by atoms with Gasteiger partial charge in [-0.05, 0) is 30.7 Å². The second-order valence-electron chi connectivity index (χ2n) is 8.88. The van der Waals surface area contributed by atoms with E-state index in [1.165, 1.54) is 30.7 Å². The molecule has 3 aromatic heterocycles. The van der Waals surface area contributed by atoms with Crippen LogP contribution >= 0.6 is 11.3 Å². The Morgan fingerprint density at radius 2 is 1.97 bits per heavy atom. The van der Waals surface area contributed by atoms with E-state index in [1.54, 1.807) is 25.4 Å². The number of hydrogen-bond acceptors (Lipinski definition) is 10. The molecule has 4 heterocycles. The Hall–Kier alpha value is -4.58. The third-order valence-corrected chi connectivity index (χ3v) is 7.36. The summed E-state index contributed by atoms with van der Waals surface area (Å²) in [4.78, 5) is 30.1. The van der Waals surface area contributed by atoms with Gasteiger partial charge in [-0.15, -0.1) is 11.3 Å². The van der Waals surface area contributed by atoms with E-state index in [1.807, 2.05) is 19.1 Å². The van der Waals surface area contributed by atoms with Crippen molar-refractivity contribution in [3.8, 4) is 28.1 Å². The standard InChI is InChI=1S/C27H22FN5O5S/c1-13-6-16(23-19(7-13)32-22(36-3)11-30-23)26-33-20-10-18(28)24-17(25(20)39-26)9-15(38-24)12-37-27(34)31-14-4-5-29-21(8-14)35-2/h4-8,10-11,15H,9,12H2,1-3H3,(H,29,31,34)/t15-/m1/s1. The van der Waals surface area contributed by atoms with Gasteiger partial charge in [0.15, 0.2) is 11.6 Å². The van der Waals surface area contributed by atoms with Gasteiger partial charge in [0.2, 0.25) is 11.8 Å². The van der Waals surface area contributed by atoms with Crippen molar-refractivity contribution in [3.05, 3.63) is 59.7 Å². The first-order valence-corrected chi connectivity index (χ1v) is 12.8. The Morgan fingerprint density at radius 1 is 1.13 bits per heavy atom. The molecule has 1 aliphatic rings. The molecule has 1 atom stereocenters. The number of fused-ring (bicyclic) bond motifs is 4. The van der Waals surface area contributed by atoms with Gasteiger partial charge in [-0.25, -0.2) is 29.1 Å². The molecule has 2 aromatic carbocycles. The zero-order valence-corrected chi connectivity index (χ0v) is 22.0. The monoisotopic (exact) mass is 547 g/mol. The van der Waals surface area contributed by atoms with Crippen molar-refractivity contribution in [1.82, 2.24) is 19.9 Å². The number of hydrogen-bond donors (Lipinski definition) is 1. The second kappa shape index (κ2) is 9.95. The van der Waals surface area contributed by atoms with Crippen molar-refractivity contribution in [3.63, 3.8) is 0 Å². The van der Waals surface area contributed by atoms with Gasteiger partial charge in [-0.3, -0.25) is 5.32 Å². The lowest BCUT2D eigenvalue weighted by Gasteiger charge is -2.12. The van der Waals surface area contributed by atoms with Crippen LogP contribution in [0.5, 0.6) is 17.5 Å². The summed E-state index contributed by atoms with van der Waals surface area (Å²) in [6, 6.07) is 8.46. The number of nitrogens with zero attached hydrogens (tertiary/aromatic N) is 4. The van der Waals surface area contributed by atoms with Gasteiger partial charge >= 0.3 is 6.09 Å². The van der Waals surface area contributed by atoms with Crippen molar-refractivity contribution in [2.24, 2.45) is 0 Å². The number of halogens is 1. The maximum atomic E-state index is 15.0. The zero-order valence-electron chi connectivity index (χ0n) is 21.1. The Morgan fingerprint density at radius 3 is 2.79 bits per heavy atom. The number of benzene rings is 2. The highest BCUT2D eigenvalue weighted by Gasteiger charge is 2.31. The number of amides is 1. The number of carbonyl (C=O) groups excluding carboxylic acids is 1. The molecule has 1 amide bonds. The third-order valence-electron chi connectivity index (χ3n) is 6.20. The van der Waals surface area contributed by atoms with E-state index in [9.17, 15) is 4.79 Å². The van der Waals surface area contributed by atoms with E-state index in [2.05, 4.69) is 20.3 Å². The maximum absolute atomic E-state index is 15.0. The molecular formula is C27H22FN5O5S. The van der Waals surface area contributed by atoms with Crippen LogP contribution in [0, 0.1) is 12.7 Å². The molecule has 0 fully saturated rings. The predicted molar refractivity (Wildman–Crippen MR) is 143 cm³/mol. The quantitative estimate of drug-likeness (QED) is 0.301. The van der Waals surface area contributed by atoms with Crippen molar-refractivity contribution < 1.29 is 28.1 Å². The van der Waals surface area contributed by atoms with E-state index >= 15 is 4.39 Å². The minimum atomic E-state index is -0.669. The second-order valence-corrected chi connectivity index (χ2v) is 9.88. The average molecular weight is 548 g/mol. The van der Waals surface area contributed by atoms with E-state index in [0.717, 1.165) is 15.8 Å². The maximum Gasteiger partial charge on any atom is 0.411 e. The molecule has 198 valence electrons. The van der Waals surface area contributed by atoms with Crippen LogP contribution < -0.4 is 19.5 Å². The number of carbonyl (C=O) groups is 1. The molecule has 1 aliphatic heterocycles. The van der Waals surface area contributed by atoms with E-state index in [-0.39, 0.29) is 12.4 Å². The fourth-order valence-corrected chi connectivity index (χ4v) is 5.58. The van der Waals surface area contributed by atoms with Crippen molar-refractivity contribution >= 4 is 44.4 Å². The number of pyridine rings is 1. The van der Waals surface area contributed by atoms with E-state index in [4.69, 9.17) is 23.9 Å². The number of rotatable bonds is 6. The molecule has 0 saturated heterocycles. The third kappa shape index (κ3) is 4.74. The molecule has 5 aromatic rings. The van der Waals surface area contributed by atoms with Gasteiger partial charge in [-0.2, -0.15) is 0 Å². The fourth-order valence-electron chi connectivity index (χ4n) is 4.47. The van der Waals surface area contributed by atoms with Gasteiger partial charge in [-0.1, -0.05) is 0 Å². The summed E-state index contributed by atoms with van der Waals surface area (Å²) in [5, 5.41) is 3.31. The molecule has 10 nitrogen and oxygen atoms in total. The zero-order chi connectivity index (χ0) is 27.1. The Balaban J connectivity index is 1.24. The molecular weight excluding hydrogens is 525 g/mol. The summed E-state index contributed by atoms with van der Waals surface area (Å²) >= 11 is 1.43. The number of ether oxygens (including phenoxy) is 4. The molecule has 1 N–H and O–H groups in total. The highest BCUT2D eigenvalue weighted by atomic mass is 32.1. The summed E-state index contributed by atoms with van der Waals surface area (Å²) in [6.07, 6.45) is 2.23. The van der Waals surface area contributed by atoms with Gasteiger partial charge in [0.1, 0.15) is 17.7 Å². The molecule has 0 spiro atoms. The molecule has 6 rings (SSSR count). The number of methoxy groups -OCH3 is 2. The molecule has 0 radical (unpaired) electrons. The van der Waals surface area contributed by atoms with Gasteiger partial charge in [0, 0.05) is 35.9 Å². The summed E-state index contributed by atoms with van der Waals surface area (Å²) in [6.45, 7) is 1.91. The van der Waals surface area contributed by atoms with Crippen LogP contribution in [0.25, 0.3) is 31.8 Å². The molecule has 0 unspecified atom stereocenters. The SMILES string of the molecule is COc1cc(NC(=O)OC[C@H]2Cc3c(c(F)cc4nc(-c5cc(C)cc6nc(OC)cnc56)sc34)O2)ccn1. The first-order chi connectivity index (χ1) is 18.9. The number of aromatic nitrogens is 4. The first-order valence-electron chi connectivity index (χ1n) is 12.0. The predicted octanol–water partition coefficient (Wildman–Crippen LogP) is 5.32. The number of nitrogens with one attached hydrogen (secondary N) is 1. The molecule has 0 bridgehead atoms. The van der Waals surface area contributed by atoms with Crippen LogP contribution in [0.3, 0.4) is 0 Å². The average Bonchev–Trinajstić information content (AvgIpc) is 3.56. The first kappa shape index (κ1) is 24.7. The highest BCUT2D eigenvalue weighted by Crippen LogP contribution is 2.43. The van der Waals surface area contributed by atoms with Gasteiger partial charge in [0.25, 0.3) is 0 Å². The van der Waals surface area contributed by atoms with Crippen LogP contribution in [0.1, 0.15) is 11.1 Å². The molecule has 39 heavy (non-hydrogen) atoms. The number of aryl methyl sites for hydroxylation is 1. The summed E-state index contributed by atoms with van der Waals surface area (Å²) < 4.78 is 37.3.